The highest BCUT2D eigenvalue weighted by Gasteiger charge is 2.52. The Morgan fingerprint density at radius 2 is 1.07 bits per heavy atom. The molecule has 7 heteroatoms. The van der Waals surface area contributed by atoms with Gasteiger partial charge in [0.1, 0.15) is 0 Å². The van der Waals surface area contributed by atoms with Gasteiger partial charge in [0, 0.05) is 13.2 Å². The Hall–Kier alpha value is -2.22. The lowest BCUT2D eigenvalue weighted by Crippen LogP contribution is -2.55. The number of rotatable bonds is 14. The fourth-order valence-electron chi connectivity index (χ4n) is 2.64. The van der Waals surface area contributed by atoms with Crippen molar-refractivity contribution in [3.05, 3.63) is 48.5 Å². The summed E-state index contributed by atoms with van der Waals surface area (Å²) in [6.07, 6.45) is 5.78. The van der Waals surface area contributed by atoms with Crippen molar-refractivity contribution in [2.24, 2.45) is 0 Å². The van der Waals surface area contributed by atoms with Gasteiger partial charge in [-0.15, -0.1) is 0 Å². The van der Waals surface area contributed by atoms with Crippen LogP contribution in [0, 0.1) is 0 Å². The number of phenols is 2. The van der Waals surface area contributed by atoms with E-state index in [9.17, 15) is 10.2 Å². The zero-order chi connectivity index (χ0) is 21.0. The second-order valence-corrected chi connectivity index (χ2v) is 8.74. The third-order valence-corrected chi connectivity index (χ3v) is 6.31. The molecule has 0 spiro atoms. The lowest BCUT2D eigenvalue weighted by atomic mass is 10.3. The summed E-state index contributed by atoms with van der Waals surface area (Å²) < 4.78 is 24.3. The van der Waals surface area contributed by atoms with Gasteiger partial charge in [0.25, 0.3) is 0 Å². The van der Waals surface area contributed by atoms with E-state index in [4.69, 9.17) is 17.7 Å². The van der Waals surface area contributed by atoms with Gasteiger partial charge in [-0.1, -0.05) is 63.8 Å². The van der Waals surface area contributed by atoms with E-state index in [2.05, 4.69) is 13.8 Å². The molecule has 0 aliphatic rings. The molecule has 160 valence electrons. The molecule has 0 fully saturated rings. The first-order valence-electron chi connectivity index (χ1n) is 10.3. The van der Waals surface area contributed by atoms with E-state index in [0.717, 1.165) is 38.5 Å². The SMILES string of the molecule is CCCCCO[Si](OCCCCC)(Oc1ccccc1O)Oc1ccccc1O. The monoisotopic (exact) mass is 420 g/mol. The van der Waals surface area contributed by atoms with E-state index in [-0.39, 0.29) is 23.0 Å². The number of para-hydroxylation sites is 4. The Kier molecular flexibility index (Phi) is 9.83. The van der Waals surface area contributed by atoms with Crippen molar-refractivity contribution in [3.63, 3.8) is 0 Å². The van der Waals surface area contributed by atoms with E-state index in [1.165, 1.54) is 12.1 Å². The van der Waals surface area contributed by atoms with Crippen molar-refractivity contribution in [1.29, 1.82) is 0 Å². The van der Waals surface area contributed by atoms with Crippen molar-refractivity contribution in [3.8, 4) is 23.0 Å². The molecule has 0 bridgehead atoms. The van der Waals surface area contributed by atoms with Crippen LogP contribution in [0.1, 0.15) is 52.4 Å². The number of hydrogen-bond donors (Lipinski definition) is 2. The second-order valence-electron chi connectivity index (χ2n) is 6.75. The van der Waals surface area contributed by atoms with Crippen LogP contribution >= 0.6 is 0 Å². The smallest absolute Gasteiger partial charge is 0.504 e. The Morgan fingerprint density at radius 1 is 0.655 bits per heavy atom. The molecular formula is C22H32O6Si. The first kappa shape index (κ1) is 23.1. The Balaban J connectivity index is 2.29. The zero-order valence-corrected chi connectivity index (χ0v) is 18.3. The fraction of sp³-hybridized carbons (Fsp3) is 0.455. The number of benzene rings is 2. The summed E-state index contributed by atoms with van der Waals surface area (Å²) in [4.78, 5) is 0. The predicted octanol–water partition coefficient (Wildman–Crippen LogP) is 5.40. The molecule has 29 heavy (non-hydrogen) atoms. The lowest BCUT2D eigenvalue weighted by molar-refractivity contribution is 0.0370. The quantitative estimate of drug-likeness (QED) is 0.314. The first-order chi connectivity index (χ1) is 14.1. The molecule has 0 radical (unpaired) electrons. The molecule has 0 saturated heterocycles. The summed E-state index contributed by atoms with van der Waals surface area (Å²) in [5.74, 6) is 0.389. The van der Waals surface area contributed by atoms with Crippen LogP contribution in [0.4, 0.5) is 0 Å². The lowest BCUT2D eigenvalue weighted by Gasteiger charge is -2.29. The van der Waals surface area contributed by atoms with Crippen molar-refractivity contribution in [2.45, 2.75) is 52.4 Å². The summed E-state index contributed by atoms with van der Waals surface area (Å²) in [5, 5.41) is 20.4. The molecule has 0 aromatic heterocycles. The van der Waals surface area contributed by atoms with Gasteiger partial charge in [-0.2, -0.15) is 0 Å². The number of unbranched alkanes of at least 4 members (excludes halogenated alkanes) is 4. The van der Waals surface area contributed by atoms with Crippen molar-refractivity contribution < 1.29 is 27.9 Å². The van der Waals surface area contributed by atoms with Gasteiger partial charge in [-0.3, -0.25) is 0 Å². The Morgan fingerprint density at radius 3 is 1.45 bits per heavy atom. The van der Waals surface area contributed by atoms with Gasteiger partial charge in [0.05, 0.1) is 0 Å². The van der Waals surface area contributed by atoms with Gasteiger partial charge in [-0.05, 0) is 37.1 Å². The molecule has 2 aromatic carbocycles. The molecule has 0 saturated carbocycles. The Labute approximate surface area is 174 Å². The molecule has 0 aliphatic heterocycles. The normalized spacial score (nSPS) is 11.4. The van der Waals surface area contributed by atoms with E-state index >= 15 is 0 Å². The van der Waals surface area contributed by atoms with E-state index in [0.29, 0.717) is 13.2 Å². The summed E-state index contributed by atoms with van der Waals surface area (Å²) in [5.41, 5.74) is 0. The van der Waals surface area contributed by atoms with Gasteiger partial charge >= 0.3 is 9.05 Å². The highest BCUT2D eigenvalue weighted by Crippen LogP contribution is 2.32. The average molecular weight is 421 g/mol. The van der Waals surface area contributed by atoms with Crippen LogP contribution in [0.2, 0.25) is 0 Å². The molecular weight excluding hydrogens is 388 g/mol. The van der Waals surface area contributed by atoms with Crippen LogP contribution < -0.4 is 8.85 Å². The molecule has 6 nitrogen and oxygen atoms in total. The van der Waals surface area contributed by atoms with Crippen molar-refractivity contribution in [1.82, 2.24) is 0 Å². The van der Waals surface area contributed by atoms with Crippen LogP contribution in [-0.2, 0) is 8.85 Å². The summed E-state index contributed by atoms with van der Waals surface area (Å²) in [7, 11) is -3.76. The highest BCUT2D eigenvalue weighted by atomic mass is 28.4. The summed E-state index contributed by atoms with van der Waals surface area (Å²) >= 11 is 0. The van der Waals surface area contributed by atoms with E-state index < -0.39 is 9.05 Å². The minimum Gasteiger partial charge on any atom is -0.504 e. The van der Waals surface area contributed by atoms with Crippen LogP contribution in [0.25, 0.3) is 0 Å². The average Bonchev–Trinajstić information content (AvgIpc) is 2.72. The number of aromatic hydroxyl groups is 2. The summed E-state index contributed by atoms with van der Waals surface area (Å²) in [6.45, 7) is 5.02. The van der Waals surface area contributed by atoms with Crippen LogP contribution in [0.5, 0.6) is 23.0 Å². The van der Waals surface area contributed by atoms with Gasteiger partial charge < -0.3 is 27.9 Å². The van der Waals surface area contributed by atoms with Gasteiger partial charge in [-0.25, -0.2) is 0 Å². The van der Waals surface area contributed by atoms with Crippen molar-refractivity contribution in [2.75, 3.05) is 13.2 Å². The molecule has 2 rings (SSSR count). The zero-order valence-electron chi connectivity index (χ0n) is 17.3. The third-order valence-electron chi connectivity index (χ3n) is 4.25. The molecule has 0 unspecified atom stereocenters. The summed E-state index contributed by atoms with van der Waals surface area (Å²) in [6, 6.07) is 13.3. The van der Waals surface area contributed by atoms with E-state index in [1.807, 2.05) is 0 Å². The topological polar surface area (TPSA) is 77.4 Å². The van der Waals surface area contributed by atoms with Crippen molar-refractivity contribution >= 4 is 9.05 Å². The van der Waals surface area contributed by atoms with E-state index in [1.54, 1.807) is 36.4 Å². The minimum atomic E-state index is -3.76. The van der Waals surface area contributed by atoms with Gasteiger partial charge in [0.2, 0.25) is 0 Å². The number of hydrogen-bond acceptors (Lipinski definition) is 6. The Bertz CT molecular complexity index is 662. The molecule has 2 N–H and O–H groups in total. The maximum absolute atomic E-state index is 10.2. The second kappa shape index (κ2) is 12.4. The minimum absolute atomic E-state index is 0.0282. The first-order valence-corrected chi connectivity index (χ1v) is 12.0. The molecule has 0 atom stereocenters. The maximum Gasteiger partial charge on any atom is 0.821 e. The largest absolute Gasteiger partial charge is 0.821 e. The standard InChI is InChI=1S/C22H32O6Si/c1-3-5-11-17-25-29(26-18-12-6-4-2,27-21-15-9-7-13-19(21)23)28-22-16-10-8-14-20(22)24/h7-10,13-16,23-24H,3-6,11-12,17-18H2,1-2H3. The fourth-order valence-corrected chi connectivity index (χ4v) is 4.67. The molecule has 0 heterocycles. The molecule has 2 aromatic rings. The van der Waals surface area contributed by atoms with Crippen LogP contribution in [0.15, 0.2) is 48.5 Å². The molecule has 0 aliphatic carbocycles. The third kappa shape index (κ3) is 7.60. The van der Waals surface area contributed by atoms with Crippen LogP contribution in [0.3, 0.4) is 0 Å². The molecule has 0 amide bonds. The van der Waals surface area contributed by atoms with Crippen LogP contribution in [-0.4, -0.2) is 32.5 Å². The number of phenolic OH excluding ortho intramolecular Hbond substituents is 2. The highest BCUT2D eigenvalue weighted by molar-refractivity contribution is 6.55. The maximum atomic E-state index is 10.2. The van der Waals surface area contributed by atoms with Gasteiger partial charge in [0.15, 0.2) is 23.0 Å². The predicted molar refractivity (Wildman–Crippen MR) is 114 cm³/mol.